The summed E-state index contributed by atoms with van der Waals surface area (Å²) in [5.74, 6) is 0. The van der Waals surface area contributed by atoms with Gasteiger partial charge in [-0.05, 0) is 18.9 Å². The molecular formula is C15H22N2O2. The topological polar surface area (TPSA) is 41.6 Å². The summed E-state index contributed by atoms with van der Waals surface area (Å²) >= 11 is 0. The third kappa shape index (κ3) is 3.70. The van der Waals surface area contributed by atoms with Crippen molar-refractivity contribution in [2.45, 2.75) is 32.4 Å². The largest absolute Gasteiger partial charge is 0.370 e. The summed E-state index contributed by atoms with van der Waals surface area (Å²) in [7, 11) is 0. The zero-order chi connectivity index (χ0) is 13.7. The van der Waals surface area contributed by atoms with Crippen molar-refractivity contribution in [1.82, 2.24) is 10.2 Å². The first kappa shape index (κ1) is 13.9. The molecule has 0 aliphatic carbocycles. The minimum Gasteiger partial charge on any atom is -0.370 e. The molecule has 1 fully saturated rings. The van der Waals surface area contributed by atoms with Gasteiger partial charge in [0.25, 0.3) is 0 Å². The molecule has 0 bridgehead atoms. The zero-order valence-corrected chi connectivity index (χ0v) is 11.6. The van der Waals surface area contributed by atoms with Gasteiger partial charge in [0.15, 0.2) is 0 Å². The Morgan fingerprint density at radius 2 is 2.21 bits per heavy atom. The molecule has 1 aliphatic rings. The molecule has 2 unspecified atom stereocenters. The molecule has 19 heavy (non-hydrogen) atoms. The van der Waals surface area contributed by atoms with Crippen molar-refractivity contribution in [3.63, 3.8) is 0 Å². The highest BCUT2D eigenvalue weighted by molar-refractivity contribution is 5.74. The summed E-state index contributed by atoms with van der Waals surface area (Å²) < 4.78 is 5.75. The second kappa shape index (κ2) is 6.57. The highest BCUT2D eigenvalue weighted by Crippen LogP contribution is 2.21. The van der Waals surface area contributed by atoms with Gasteiger partial charge in [-0.25, -0.2) is 4.79 Å². The van der Waals surface area contributed by atoms with Gasteiger partial charge < -0.3 is 15.0 Å². The fourth-order valence-corrected chi connectivity index (χ4v) is 2.11. The molecule has 2 amide bonds. The summed E-state index contributed by atoms with van der Waals surface area (Å²) in [6.07, 6.45) is 0.927. The molecule has 104 valence electrons. The molecule has 2 rings (SSSR count). The molecule has 1 aliphatic heterocycles. The average molecular weight is 262 g/mol. The van der Waals surface area contributed by atoms with Gasteiger partial charge in [-0.15, -0.1) is 0 Å². The van der Waals surface area contributed by atoms with E-state index in [1.807, 2.05) is 42.2 Å². The van der Waals surface area contributed by atoms with Gasteiger partial charge in [-0.2, -0.15) is 0 Å². The van der Waals surface area contributed by atoms with E-state index >= 15 is 0 Å². The van der Waals surface area contributed by atoms with Crippen molar-refractivity contribution < 1.29 is 9.53 Å². The van der Waals surface area contributed by atoms with E-state index in [0.717, 1.165) is 12.0 Å². The van der Waals surface area contributed by atoms with E-state index < -0.39 is 0 Å². The Kier molecular flexibility index (Phi) is 4.80. The maximum atomic E-state index is 12.1. The van der Waals surface area contributed by atoms with Crippen molar-refractivity contribution in [3.05, 3.63) is 35.9 Å². The van der Waals surface area contributed by atoms with Crippen molar-refractivity contribution in [3.8, 4) is 0 Å². The van der Waals surface area contributed by atoms with E-state index in [-0.39, 0.29) is 18.2 Å². The second-order valence-corrected chi connectivity index (χ2v) is 4.97. The van der Waals surface area contributed by atoms with Crippen LogP contribution in [0.1, 0.15) is 31.9 Å². The van der Waals surface area contributed by atoms with Crippen molar-refractivity contribution >= 4 is 6.03 Å². The van der Waals surface area contributed by atoms with Gasteiger partial charge in [-0.3, -0.25) is 0 Å². The van der Waals surface area contributed by atoms with Gasteiger partial charge >= 0.3 is 6.03 Å². The van der Waals surface area contributed by atoms with Crippen LogP contribution in [-0.4, -0.2) is 36.7 Å². The molecule has 4 heteroatoms. The van der Waals surface area contributed by atoms with Crippen LogP contribution < -0.4 is 5.32 Å². The lowest BCUT2D eigenvalue weighted by atomic mass is 10.1. The van der Waals surface area contributed by atoms with Crippen LogP contribution in [-0.2, 0) is 4.74 Å². The second-order valence-electron chi connectivity index (χ2n) is 4.97. The van der Waals surface area contributed by atoms with E-state index in [2.05, 4.69) is 12.2 Å². The number of rotatable bonds is 3. The number of nitrogens with zero attached hydrogens (tertiary/aromatic N) is 1. The highest BCUT2D eigenvalue weighted by Gasteiger charge is 2.25. The normalized spacial score (nSPS) is 20.9. The first-order valence-electron chi connectivity index (χ1n) is 6.92. The molecular weight excluding hydrogens is 240 g/mol. The maximum absolute atomic E-state index is 12.1. The van der Waals surface area contributed by atoms with Crippen LogP contribution in [0.4, 0.5) is 4.79 Å². The van der Waals surface area contributed by atoms with Crippen LogP contribution in [0.2, 0.25) is 0 Å². The molecule has 0 aromatic heterocycles. The average Bonchev–Trinajstić information content (AvgIpc) is 2.48. The van der Waals surface area contributed by atoms with E-state index in [0.29, 0.717) is 19.7 Å². The molecule has 1 heterocycles. The lowest BCUT2D eigenvalue weighted by molar-refractivity contribution is -0.0157. The molecule has 1 N–H and O–H groups in total. The lowest BCUT2D eigenvalue weighted by Crippen LogP contribution is -2.49. The van der Waals surface area contributed by atoms with Crippen LogP contribution in [0.3, 0.4) is 0 Å². The number of carbonyl (C=O) groups excluding carboxylic acids is 1. The molecule has 0 spiro atoms. The van der Waals surface area contributed by atoms with Crippen LogP contribution in [0.5, 0.6) is 0 Å². The molecule has 1 saturated heterocycles. The van der Waals surface area contributed by atoms with Gasteiger partial charge in [0, 0.05) is 12.6 Å². The van der Waals surface area contributed by atoms with E-state index in [1.165, 1.54) is 0 Å². The minimum absolute atomic E-state index is 0.0126. The Hall–Kier alpha value is -1.55. The number of hydrogen-bond acceptors (Lipinski definition) is 2. The van der Waals surface area contributed by atoms with Gasteiger partial charge in [0.1, 0.15) is 6.10 Å². The van der Waals surface area contributed by atoms with Crippen molar-refractivity contribution in [2.24, 2.45) is 0 Å². The Morgan fingerprint density at radius 1 is 1.47 bits per heavy atom. The SMILES string of the molecule is CCC(C)NC(=O)N1CCOC(c2ccccc2)C1. The zero-order valence-electron chi connectivity index (χ0n) is 11.6. The van der Waals surface area contributed by atoms with Crippen molar-refractivity contribution in [2.75, 3.05) is 19.7 Å². The standard InChI is InChI=1S/C15H22N2O2/c1-3-12(2)16-15(18)17-9-10-19-14(11-17)13-7-5-4-6-8-13/h4-8,12,14H,3,9-11H2,1-2H3,(H,16,18). The Balaban J connectivity index is 1.95. The summed E-state index contributed by atoms with van der Waals surface area (Å²) in [4.78, 5) is 13.9. The quantitative estimate of drug-likeness (QED) is 0.909. The molecule has 4 nitrogen and oxygen atoms in total. The highest BCUT2D eigenvalue weighted by atomic mass is 16.5. The monoisotopic (exact) mass is 262 g/mol. The van der Waals surface area contributed by atoms with Crippen LogP contribution in [0.15, 0.2) is 30.3 Å². The van der Waals surface area contributed by atoms with Gasteiger partial charge in [0.05, 0.1) is 13.2 Å². The summed E-state index contributed by atoms with van der Waals surface area (Å²) in [5.41, 5.74) is 1.13. The summed E-state index contributed by atoms with van der Waals surface area (Å²) in [6, 6.07) is 10.3. The summed E-state index contributed by atoms with van der Waals surface area (Å²) in [6.45, 7) is 5.95. The number of carbonyl (C=O) groups is 1. The Labute approximate surface area is 114 Å². The van der Waals surface area contributed by atoms with Crippen LogP contribution >= 0.6 is 0 Å². The van der Waals surface area contributed by atoms with E-state index in [4.69, 9.17) is 4.74 Å². The lowest BCUT2D eigenvalue weighted by Gasteiger charge is -2.33. The Bertz CT molecular complexity index is 408. The van der Waals surface area contributed by atoms with Crippen molar-refractivity contribution in [1.29, 1.82) is 0 Å². The first-order valence-corrected chi connectivity index (χ1v) is 6.92. The summed E-state index contributed by atoms with van der Waals surface area (Å²) in [5, 5.41) is 3.00. The maximum Gasteiger partial charge on any atom is 0.317 e. The van der Waals surface area contributed by atoms with Gasteiger partial charge in [0.2, 0.25) is 0 Å². The van der Waals surface area contributed by atoms with Crippen LogP contribution in [0.25, 0.3) is 0 Å². The minimum atomic E-state index is -0.0161. The van der Waals surface area contributed by atoms with Crippen LogP contribution in [0, 0.1) is 0 Å². The third-order valence-corrected chi connectivity index (χ3v) is 3.51. The number of benzene rings is 1. The fraction of sp³-hybridized carbons (Fsp3) is 0.533. The van der Waals surface area contributed by atoms with E-state index in [1.54, 1.807) is 0 Å². The van der Waals surface area contributed by atoms with Gasteiger partial charge in [-0.1, -0.05) is 37.3 Å². The fourth-order valence-electron chi connectivity index (χ4n) is 2.11. The molecule has 0 saturated carbocycles. The number of urea groups is 1. The number of amides is 2. The molecule has 2 atom stereocenters. The predicted molar refractivity (Wildman–Crippen MR) is 75.0 cm³/mol. The molecule has 1 aromatic carbocycles. The number of nitrogens with one attached hydrogen (secondary N) is 1. The first-order chi connectivity index (χ1) is 9.20. The van der Waals surface area contributed by atoms with E-state index in [9.17, 15) is 4.79 Å². The predicted octanol–water partition coefficient (Wildman–Crippen LogP) is 2.57. The number of hydrogen-bond donors (Lipinski definition) is 1. The molecule has 0 radical (unpaired) electrons. The smallest absolute Gasteiger partial charge is 0.317 e. The number of ether oxygens (including phenoxy) is 1. The number of morpholine rings is 1. The Morgan fingerprint density at radius 3 is 2.89 bits per heavy atom. The third-order valence-electron chi connectivity index (χ3n) is 3.51. The molecule has 1 aromatic rings.